The predicted molar refractivity (Wildman–Crippen MR) is 117 cm³/mol. The first-order valence-corrected chi connectivity index (χ1v) is 12.5. The third-order valence-corrected chi connectivity index (χ3v) is 8.32. The summed E-state index contributed by atoms with van der Waals surface area (Å²) in [6.07, 6.45) is 2.04. The fourth-order valence-electron chi connectivity index (χ4n) is 3.39. The first kappa shape index (κ1) is 22.5. The monoisotopic (exact) mass is 453 g/mol. The lowest BCUT2D eigenvalue weighted by Crippen LogP contribution is -2.39. The number of hydrogen-bond acceptors (Lipinski definition) is 6. The molecule has 0 spiro atoms. The molecule has 0 aromatic heterocycles. The summed E-state index contributed by atoms with van der Waals surface area (Å²) in [6.45, 7) is 1.50. The molecule has 1 fully saturated rings. The van der Waals surface area contributed by atoms with Gasteiger partial charge in [-0.3, -0.25) is 4.72 Å². The number of nitrogens with zero attached hydrogens (tertiary/aromatic N) is 2. The van der Waals surface area contributed by atoms with Crippen LogP contribution in [0.15, 0.2) is 58.3 Å². The molecular formula is C20H27N3O5S2. The molecule has 1 N–H and O–H groups in total. The molecule has 1 unspecified atom stereocenters. The van der Waals surface area contributed by atoms with Crippen molar-refractivity contribution in [3.05, 3.63) is 48.5 Å². The zero-order valence-electron chi connectivity index (χ0n) is 17.3. The van der Waals surface area contributed by atoms with E-state index in [4.69, 9.17) is 4.74 Å². The lowest BCUT2D eigenvalue weighted by atomic mass is 10.1. The molecule has 30 heavy (non-hydrogen) atoms. The van der Waals surface area contributed by atoms with E-state index >= 15 is 0 Å². The zero-order valence-corrected chi connectivity index (χ0v) is 18.9. The maximum atomic E-state index is 12.9. The molecule has 1 saturated heterocycles. The van der Waals surface area contributed by atoms with Crippen LogP contribution >= 0.6 is 0 Å². The highest BCUT2D eigenvalue weighted by Crippen LogP contribution is 2.30. The molecule has 1 aliphatic heterocycles. The molecule has 0 radical (unpaired) electrons. The van der Waals surface area contributed by atoms with E-state index in [0.29, 0.717) is 12.2 Å². The number of para-hydroxylation sites is 2. The van der Waals surface area contributed by atoms with E-state index in [1.807, 2.05) is 12.1 Å². The molecule has 0 bridgehead atoms. The number of nitrogens with one attached hydrogen (secondary N) is 1. The topological polar surface area (TPSA) is 96.0 Å². The molecule has 2 aromatic carbocycles. The van der Waals surface area contributed by atoms with Gasteiger partial charge in [0.2, 0.25) is 10.0 Å². The lowest BCUT2D eigenvalue weighted by molar-refractivity contribution is 0.0894. The Morgan fingerprint density at radius 2 is 1.63 bits per heavy atom. The van der Waals surface area contributed by atoms with E-state index in [-0.39, 0.29) is 15.9 Å². The highest BCUT2D eigenvalue weighted by atomic mass is 32.2. The van der Waals surface area contributed by atoms with Crippen molar-refractivity contribution in [3.8, 4) is 0 Å². The quantitative estimate of drug-likeness (QED) is 0.691. The fourth-order valence-corrected chi connectivity index (χ4v) is 5.37. The standard InChI is InChI=1S/C20H27N3O5S2/c1-22(2)30(26,27)18-12-10-17(11-13-18)29(24,25)21-19-8-4-5-9-20(19)23-14-6-7-16(15-23)28-3/h4-5,8-13,16,21H,6-7,14-15H2,1-3H3. The van der Waals surface area contributed by atoms with Gasteiger partial charge in [-0.05, 0) is 49.2 Å². The summed E-state index contributed by atoms with van der Waals surface area (Å²) in [4.78, 5) is 2.14. The maximum Gasteiger partial charge on any atom is 0.261 e. The van der Waals surface area contributed by atoms with E-state index in [1.165, 1.54) is 38.4 Å². The Kier molecular flexibility index (Phi) is 6.71. The van der Waals surface area contributed by atoms with Crippen LogP contribution < -0.4 is 9.62 Å². The summed E-state index contributed by atoms with van der Waals surface area (Å²) in [7, 11) is -2.99. The molecule has 2 aromatic rings. The van der Waals surface area contributed by atoms with Gasteiger partial charge in [0.15, 0.2) is 0 Å². The van der Waals surface area contributed by atoms with Gasteiger partial charge < -0.3 is 9.64 Å². The number of piperidine rings is 1. The van der Waals surface area contributed by atoms with Crippen LogP contribution in [0.5, 0.6) is 0 Å². The van der Waals surface area contributed by atoms with Crippen LogP contribution in [-0.2, 0) is 24.8 Å². The average molecular weight is 454 g/mol. The highest BCUT2D eigenvalue weighted by Gasteiger charge is 2.24. The third-order valence-electron chi connectivity index (χ3n) is 5.11. The van der Waals surface area contributed by atoms with Crippen molar-refractivity contribution in [2.45, 2.75) is 28.7 Å². The van der Waals surface area contributed by atoms with Gasteiger partial charge in [-0.25, -0.2) is 21.1 Å². The highest BCUT2D eigenvalue weighted by molar-refractivity contribution is 7.92. The van der Waals surface area contributed by atoms with Crippen molar-refractivity contribution >= 4 is 31.4 Å². The smallest absolute Gasteiger partial charge is 0.261 e. The van der Waals surface area contributed by atoms with E-state index in [0.717, 1.165) is 29.4 Å². The third kappa shape index (κ3) is 4.77. The first-order chi connectivity index (χ1) is 14.1. The predicted octanol–water partition coefficient (Wildman–Crippen LogP) is 2.35. The average Bonchev–Trinajstić information content (AvgIpc) is 2.74. The number of benzene rings is 2. The summed E-state index contributed by atoms with van der Waals surface area (Å²) < 4.78 is 59.5. The Balaban J connectivity index is 1.86. The Morgan fingerprint density at radius 3 is 2.27 bits per heavy atom. The molecule has 0 saturated carbocycles. The molecule has 1 aliphatic rings. The van der Waals surface area contributed by atoms with Crippen LogP contribution in [0, 0.1) is 0 Å². The number of anilines is 2. The molecule has 164 valence electrons. The first-order valence-electron chi connectivity index (χ1n) is 9.57. The maximum absolute atomic E-state index is 12.9. The van der Waals surface area contributed by atoms with Gasteiger partial charge in [0.05, 0.1) is 27.3 Å². The number of rotatable bonds is 7. The van der Waals surface area contributed by atoms with Crippen molar-refractivity contribution in [2.24, 2.45) is 0 Å². The van der Waals surface area contributed by atoms with Gasteiger partial charge in [-0.2, -0.15) is 0 Å². The minimum absolute atomic E-state index is 0.0107. The molecule has 0 amide bonds. The molecule has 0 aliphatic carbocycles. The molecular weight excluding hydrogens is 426 g/mol. The number of sulfonamides is 2. The number of methoxy groups -OCH3 is 1. The van der Waals surface area contributed by atoms with Crippen molar-refractivity contribution in [1.29, 1.82) is 0 Å². The van der Waals surface area contributed by atoms with E-state index < -0.39 is 20.0 Å². The largest absolute Gasteiger partial charge is 0.380 e. The zero-order chi connectivity index (χ0) is 21.9. The van der Waals surface area contributed by atoms with Crippen LogP contribution in [0.3, 0.4) is 0 Å². The molecule has 8 nitrogen and oxygen atoms in total. The summed E-state index contributed by atoms with van der Waals surface area (Å²) in [6, 6.07) is 12.4. The Hall–Kier alpha value is -2.14. The Labute approximate surface area is 178 Å². The second-order valence-electron chi connectivity index (χ2n) is 7.33. The molecule has 3 rings (SSSR count). The SMILES string of the molecule is COC1CCCN(c2ccccc2NS(=O)(=O)c2ccc(S(=O)(=O)N(C)C)cc2)C1. The normalized spacial score (nSPS) is 17.9. The molecule has 10 heteroatoms. The number of ether oxygens (including phenoxy) is 1. The fraction of sp³-hybridized carbons (Fsp3) is 0.400. The second-order valence-corrected chi connectivity index (χ2v) is 11.2. The minimum Gasteiger partial charge on any atom is -0.380 e. The van der Waals surface area contributed by atoms with Crippen LogP contribution in [0.1, 0.15) is 12.8 Å². The van der Waals surface area contributed by atoms with E-state index in [1.54, 1.807) is 19.2 Å². The number of hydrogen-bond donors (Lipinski definition) is 1. The van der Waals surface area contributed by atoms with Crippen molar-refractivity contribution < 1.29 is 21.6 Å². The van der Waals surface area contributed by atoms with Crippen LogP contribution in [-0.4, -0.2) is 61.5 Å². The summed E-state index contributed by atoms with van der Waals surface area (Å²) in [5.74, 6) is 0. The minimum atomic E-state index is -3.89. The Morgan fingerprint density at radius 1 is 1.00 bits per heavy atom. The van der Waals surface area contributed by atoms with Crippen molar-refractivity contribution in [2.75, 3.05) is 43.9 Å². The van der Waals surface area contributed by atoms with E-state index in [9.17, 15) is 16.8 Å². The molecule has 1 heterocycles. The van der Waals surface area contributed by atoms with Gasteiger partial charge >= 0.3 is 0 Å². The van der Waals surface area contributed by atoms with Gasteiger partial charge in [-0.15, -0.1) is 0 Å². The van der Waals surface area contributed by atoms with Crippen LogP contribution in [0.4, 0.5) is 11.4 Å². The van der Waals surface area contributed by atoms with Gasteiger partial charge in [-0.1, -0.05) is 12.1 Å². The molecule has 1 atom stereocenters. The van der Waals surface area contributed by atoms with Gasteiger partial charge in [0, 0.05) is 34.3 Å². The lowest BCUT2D eigenvalue weighted by Gasteiger charge is -2.34. The summed E-state index contributed by atoms with van der Waals surface area (Å²) in [5.41, 5.74) is 1.26. The summed E-state index contributed by atoms with van der Waals surface area (Å²) >= 11 is 0. The summed E-state index contributed by atoms with van der Waals surface area (Å²) in [5, 5.41) is 0. The second kappa shape index (κ2) is 8.93. The van der Waals surface area contributed by atoms with Crippen LogP contribution in [0.25, 0.3) is 0 Å². The van der Waals surface area contributed by atoms with Crippen LogP contribution in [0.2, 0.25) is 0 Å². The van der Waals surface area contributed by atoms with Crippen molar-refractivity contribution in [3.63, 3.8) is 0 Å². The van der Waals surface area contributed by atoms with E-state index in [2.05, 4.69) is 9.62 Å². The Bertz CT molecular complexity index is 1080. The van der Waals surface area contributed by atoms with Gasteiger partial charge in [0.25, 0.3) is 10.0 Å². The van der Waals surface area contributed by atoms with Crippen molar-refractivity contribution in [1.82, 2.24) is 4.31 Å². The van der Waals surface area contributed by atoms with Gasteiger partial charge in [0.1, 0.15) is 0 Å².